The van der Waals surface area contributed by atoms with Crippen molar-refractivity contribution in [1.82, 2.24) is 19.6 Å². The fourth-order valence-corrected chi connectivity index (χ4v) is 3.66. The SMILES string of the molecule is Cc1cc(Oc2nc3nc(-c4ccco4)cc(C(F)(F)F)n3n2)c(C(=O)O)c(-c2ccc(F)cc2)c1. The molecule has 0 atom stereocenters. The third-order valence-electron chi connectivity index (χ3n) is 5.17. The topological polar surface area (TPSA) is 103 Å². The van der Waals surface area contributed by atoms with E-state index in [9.17, 15) is 27.5 Å². The molecule has 0 amide bonds. The van der Waals surface area contributed by atoms with E-state index in [0.29, 0.717) is 15.6 Å². The van der Waals surface area contributed by atoms with Gasteiger partial charge in [0.05, 0.1) is 6.26 Å². The van der Waals surface area contributed by atoms with Crippen molar-refractivity contribution in [1.29, 1.82) is 0 Å². The largest absolute Gasteiger partial charge is 0.478 e. The number of carboxylic acids is 1. The van der Waals surface area contributed by atoms with Gasteiger partial charge in [-0.1, -0.05) is 18.2 Å². The van der Waals surface area contributed by atoms with Crippen LogP contribution in [-0.2, 0) is 6.18 Å². The fourth-order valence-electron chi connectivity index (χ4n) is 3.66. The Labute approximate surface area is 199 Å². The molecule has 8 nitrogen and oxygen atoms in total. The number of hydrogen-bond donors (Lipinski definition) is 1. The molecule has 0 aliphatic rings. The van der Waals surface area contributed by atoms with Crippen LogP contribution in [0.5, 0.6) is 11.8 Å². The van der Waals surface area contributed by atoms with Gasteiger partial charge < -0.3 is 14.3 Å². The summed E-state index contributed by atoms with van der Waals surface area (Å²) in [4.78, 5) is 20.1. The van der Waals surface area contributed by atoms with Gasteiger partial charge in [0.2, 0.25) is 0 Å². The Hall–Kier alpha value is -4.74. The molecule has 0 fully saturated rings. The van der Waals surface area contributed by atoms with Crippen molar-refractivity contribution in [3.63, 3.8) is 0 Å². The van der Waals surface area contributed by atoms with E-state index in [1.54, 1.807) is 13.0 Å². The van der Waals surface area contributed by atoms with E-state index >= 15 is 0 Å². The number of carboxylic acid groups (broad SMARTS) is 1. The molecule has 0 radical (unpaired) electrons. The standard InChI is InChI=1S/C24H14F4N4O4/c1-12-9-15(13-4-6-14(25)7-5-13)20(21(33)34)18(10-12)36-23-30-22-29-16(17-3-2-8-35-17)11-19(24(26,27)28)32(22)31-23/h2-11H,1H3,(H,33,34). The Morgan fingerprint density at radius 3 is 2.47 bits per heavy atom. The summed E-state index contributed by atoms with van der Waals surface area (Å²) < 4.78 is 65.9. The molecule has 0 aliphatic heterocycles. The smallest absolute Gasteiger partial charge is 0.433 e. The average Bonchev–Trinajstić information content (AvgIpc) is 3.47. The lowest BCUT2D eigenvalue weighted by molar-refractivity contribution is -0.142. The third-order valence-corrected chi connectivity index (χ3v) is 5.17. The lowest BCUT2D eigenvalue weighted by Gasteiger charge is -2.13. The molecule has 0 saturated heterocycles. The third kappa shape index (κ3) is 4.24. The maximum absolute atomic E-state index is 13.8. The Morgan fingerprint density at radius 2 is 1.83 bits per heavy atom. The summed E-state index contributed by atoms with van der Waals surface area (Å²) in [7, 11) is 0. The van der Waals surface area contributed by atoms with Crippen LogP contribution >= 0.6 is 0 Å². The highest BCUT2D eigenvalue weighted by atomic mass is 19.4. The number of fused-ring (bicyclic) bond motifs is 1. The van der Waals surface area contributed by atoms with Gasteiger partial charge >= 0.3 is 18.2 Å². The lowest BCUT2D eigenvalue weighted by atomic mass is 9.96. The van der Waals surface area contributed by atoms with Crippen molar-refractivity contribution in [3.05, 3.63) is 83.5 Å². The molecule has 5 rings (SSSR count). The number of benzene rings is 2. The van der Waals surface area contributed by atoms with E-state index in [1.807, 2.05) is 0 Å². The second-order valence-electron chi connectivity index (χ2n) is 7.71. The second-order valence-corrected chi connectivity index (χ2v) is 7.71. The van der Waals surface area contributed by atoms with Gasteiger partial charge in [-0.05, 0) is 54.4 Å². The minimum absolute atomic E-state index is 0.0873. The van der Waals surface area contributed by atoms with Crippen LogP contribution in [0, 0.1) is 12.7 Å². The molecular formula is C24H14F4N4O4. The number of alkyl halides is 3. The zero-order valence-corrected chi connectivity index (χ0v) is 18.2. The number of ether oxygens (including phenoxy) is 1. The number of halogens is 4. The molecule has 3 aromatic heterocycles. The maximum Gasteiger partial charge on any atom is 0.433 e. The molecule has 0 unspecified atom stereocenters. The van der Waals surface area contributed by atoms with Gasteiger partial charge in [-0.15, -0.1) is 5.10 Å². The Morgan fingerprint density at radius 1 is 1.08 bits per heavy atom. The Bertz CT molecular complexity index is 1590. The zero-order valence-electron chi connectivity index (χ0n) is 18.2. The number of aromatic nitrogens is 4. The molecule has 0 aliphatic carbocycles. The van der Waals surface area contributed by atoms with Crippen molar-refractivity contribution in [2.24, 2.45) is 0 Å². The van der Waals surface area contributed by atoms with Gasteiger partial charge in [0.15, 0.2) is 11.5 Å². The number of aryl methyl sites for hydroxylation is 1. The molecule has 5 aromatic rings. The summed E-state index contributed by atoms with van der Waals surface area (Å²) >= 11 is 0. The summed E-state index contributed by atoms with van der Waals surface area (Å²) in [6, 6.07) is 11.2. The highest BCUT2D eigenvalue weighted by Gasteiger charge is 2.36. The van der Waals surface area contributed by atoms with Gasteiger partial charge in [-0.25, -0.2) is 14.2 Å². The van der Waals surface area contributed by atoms with Crippen LogP contribution in [0.15, 0.2) is 65.3 Å². The molecule has 2 aromatic carbocycles. The summed E-state index contributed by atoms with van der Waals surface area (Å²) in [6.45, 7) is 1.67. The maximum atomic E-state index is 13.8. The predicted octanol–water partition coefficient (Wildman–Crippen LogP) is 6.01. The highest BCUT2D eigenvalue weighted by Crippen LogP contribution is 2.36. The molecule has 36 heavy (non-hydrogen) atoms. The zero-order chi connectivity index (χ0) is 25.6. The summed E-state index contributed by atoms with van der Waals surface area (Å²) in [5.41, 5.74) is -0.418. The first-order valence-corrected chi connectivity index (χ1v) is 10.3. The molecule has 3 heterocycles. The Kier molecular flexibility index (Phi) is 5.43. The number of furan rings is 1. The minimum Gasteiger partial charge on any atom is -0.478 e. The van der Waals surface area contributed by atoms with Crippen LogP contribution < -0.4 is 4.74 Å². The van der Waals surface area contributed by atoms with Crippen molar-refractivity contribution in [3.8, 4) is 34.3 Å². The average molecular weight is 498 g/mol. The van der Waals surface area contributed by atoms with E-state index < -0.39 is 35.4 Å². The molecule has 182 valence electrons. The van der Waals surface area contributed by atoms with Crippen molar-refractivity contribution < 1.29 is 36.6 Å². The number of rotatable bonds is 5. The first-order chi connectivity index (χ1) is 17.1. The number of aromatic carboxylic acids is 1. The number of hydrogen-bond acceptors (Lipinski definition) is 6. The van der Waals surface area contributed by atoms with Gasteiger partial charge in [-0.2, -0.15) is 22.7 Å². The minimum atomic E-state index is -4.82. The van der Waals surface area contributed by atoms with Crippen molar-refractivity contribution in [2.45, 2.75) is 13.1 Å². The normalized spacial score (nSPS) is 11.7. The Balaban J connectivity index is 1.64. The molecule has 0 saturated carbocycles. The first-order valence-electron chi connectivity index (χ1n) is 10.3. The predicted molar refractivity (Wildman–Crippen MR) is 117 cm³/mol. The first kappa shape index (κ1) is 23.0. The fraction of sp³-hybridized carbons (Fsp3) is 0.0833. The van der Waals surface area contributed by atoms with E-state index in [0.717, 1.165) is 6.07 Å². The molecule has 0 bridgehead atoms. The van der Waals surface area contributed by atoms with Crippen molar-refractivity contribution in [2.75, 3.05) is 0 Å². The van der Waals surface area contributed by atoms with Gasteiger partial charge in [-0.3, -0.25) is 0 Å². The van der Waals surface area contributed by atoms with Crippen LogP contribution in [0.25, 0.3) is 28.4 Å². The van der Waals surface area contributed by atoms with E-state index in [2.05, 4.69) is 15.1 Å². The summed E-state index contributed by atoms with van der Waals surface area (Å²) in [5, 5.41) is 13.7. The van der Waals surface area contributed by atoms with Gasteiger partial charge in [0.1, 0.15) is 22.8 Å². The lowest BCUT2D eigenvalue weighted by Crippen LogP contribution is -2.13. The second kappa shape index (κ2) is 8.48. The summed E-state index contributed by atoms with van der Waals surface area (Å²) in [5.74, 6) is -2.44. The number of carbonyl (C=O) groups is 1. The molecular weight excluding hydrogens is 484 g/mol. The molecule has 0 spiro atoms. The van der Waals surface area contributed by atoms with Crippen LogP contribution in [0.3, 0.4) is 0 Å². The van der Waals surface area contributed by atoms with Gasteiger partial charge in [0.25, 0.3) is 5.78 Å². The quantitative estimate of drug-likeness (QED) is 0.296. The molecule has 12 heteroatoms. The molecule has 1 N–H and O–H groups in total. The monoisotopic (exact) mass is 498 g/mol. The van der Waals surface area contributed by atoms with Gasteiger partial charge in [0, 0.05) is 5.56 Å². The van der Waals surface area contributed by atoms with Crippen LogP contribution in [0.1, 0.15) is 21.6 Å². The van der Waals surface area contributed by atoms with E-state index in [4.69, 9.17) is 9.15 Å². The van der Waals surface area contributed by atoms with Crippen LogP contribution in [-0.4, -0.2) is 30.7 Å². The van der Waals surface area contributed by atoms with Crippen LogP contribution in [0.2, 0.25) is 0 Å². The van der Waals surface area contributed by atoms with Crippen LogP contribution in [0.4, 0.5) is 17.6 Å². The number of nitrogens with zero attached hydrogens (tertiary/aromatic N) is 4. The summed E-state index contributed by atoms with van der Waals surface area (Å²) in [6.07, 6.45) is -3.53. The van der Waals surface area contributed by atoms with E-state index in [-0.39, 0.29) is 28.3 Å². The van der Waals surface area contributed by atoms with Crippen molar-refractivity contribution >= 4 is 11.7 Å². The highest BCUT2D eigenvalue weighted by molar-refractivity contribution is 5.99. The van der Waals surface area contributed by atoms with E-state index in [1.165, 1.54) is 48.7 Å².